The van der Waals surface area contributed by atoms with Crippen LogP contribution in [0.4, 0.5) is 51.8 Å². The molecule has 0 saturated carbocycles. The van der Waals surface area contributed by atoms with Crippen LogP contribution in [0.5, 0.6) is 5.75 Å². The van der Waals surface area contributed by atoms with Crippen LogP contribution in [0.15, 0.2) is 30.3 Å². The summed E-state index contributed by atoms with van der Waals surface area (Å²) in [7, 11) is -16.3. The second kappa shape index (κ2) is 15.3. The van der Waals surface area contributed by atoms with Crippen molar-refractivity contribution >= 4 is 73.1 Å². The summed E-state index contributed by atoms with van der Waals surface area (Å²) in [5.74, 6) is 0.910. The number of benzene rings is 1. The van der Waals surface area contributed by atoms with Crippen LogP contribution >= 0.6 is 0 Å². The maximum absolute atomic E-state index is 9.75. The van der Waals surface area contributed by atoms with Gasteiger partial charge in [0.25, 0.3) is 0 Å². The summed E-state index contributed by atoms with van der Waals surface area (Å²) < 4.78 is 122. The molecule has 0 aliphatic rings. The van der Waals surface area contributed by atoms with Gasteiger partial charge < -0.3 is 56.5 Å². The van der Waals surface area contributed by atoms with Crippen molar-refractivity contribution in [3.63, 3.8) is 0 Å². The van der Waals surface area contributed by atoms with Gasteiger partial charge in [0.05, 0.1) is 7.11 Å². The summed E-state index contributed by atoms with van der Waals surface area (Å²) in [4.78, 5) is 0. The average Bonchev–Trinajstić information content (AvgIpc) is 2.23. The van der Waals surface area contributed by atoms with Crippen LogP contribution in [-0.2, 0) is 0 Å². The number of hydrogen-bond donors (Lipinski definition) is 0. The Hall–Kier alpha value is 0.0112. The first-order chi connectivity index (χ1) is 9.93. The van der Waals surface area contributed by atoms with Gasteiger partial charge in [-0.05, 0) is 12.1 Å². The molecule has 0 aliphatic heterocycles. The van der Waals surface area contributed by atoms with E-state index in [1.54, 1.807) is 7.11 Å². The average molecular weight is 409 g/mol. The molecule has 140 valence electrons. The van der Waals surface area contributed by atoms with Crippen LogP contribution in [0.2, 0.25) is 0 Å². The van der Waals surface area contributed by atoms with Crippen molar-refractivity contribution in [3.05, 3.63) is 30.3 Å². The molecule has 24 heavy (non-hydrogen) atoms. The normalized spacial score (nSPS) is 10.4. The summed E-state index contributed by atoms with van der Waals surface area (Å²) in [6, 6.07) is 9.68. The van der Waals surface area contributed by atoms with Crippen molar-refractivity contribution in [2.24, 2.45) is 0 Å². The fraction of sp³-hybridized carbons (Fsp3) is 0.143. The molecule has 0 bridgehead atoms. The molecule has 0 spiro atoms. The maximum atomic E-state index is 9.75. The summed E-state index contributed by atoms with van der Waals surface area (Å²) in [5.41, 5.74) is 0. The molecule has 0 aliphatic carbocycles. The fourth-order valence-electron chi connectivity index (χ4n) is 0.557. The molecular formula is C7H9B3F12KO-3. The molecule has 0 N–H and O–H groups in total. The van der Waals surface area contributed by atoms with Gasteiger partial charge in [-0.1, -0.05) is 18.2 Å². The molecule has 0 saturated heterocycles. The van der Waals surface area contributed by atoms with Crippen molar-refractivity contribution in [2.75, 3.05) is 7.11 Å². The quantitative estimate of drug-likeness (QED) is 0.472. The Morgan fingerprint density at radius 1 is 0.583 bits per heavy atom. The molecule has 0 radical (unpaired) electrons. The Balaban J connectivity index is -0.000000113. The van der Waals surface area contributed by atoms with E-state index in [1.165, 1.54) is 0 Å². The third-order valence-corrected chi connectivity index (χ3v) is 0.979. The van der Waals surface area contributed by atoms with Crippen molar-refractivity contribution in [1.29, 1.82) is 0 Å². The predicted molar refractivity (Wildman–Crippen MR) is 70.7 cm³/mol. The fourth-order valence-corrected chi connectivity index (χ4v) is 0.557. The molecule has 1 aromatic carbocycles. The molecule has 17 heteroatoms. The van der Waals surface area contributed by atoms with Gasteiger partial charge in [0, 0.05) is 0 Å². The Bertz CT molecular complexity index is 334. The predicted octanol–water partition coefficient (Wildman–Crippen LogP) is 4.95. The third-order valence-electron chi connectivity index (χ3n) is 0.979. The number of para-hydroxylation sites is 1. The van der Waals surface area contributed by atoms with E-state index in [0.29, 0.717) is 0 Å². The molecule has 0 heterocycles. The summed E-state index contributed by atoms with van der Waals surface area (Å²) in [6.45, 7) is 0. The van der Waals surface area contributed by atoms with E-state index in [2.05, 4.69) is 0 Å². The van der Waals surface area contributed by atoms with Crippen LogP contribution in [0, 0.1) is 0 Å². The molecule has 0 atom stereocenters. The number of rotatable bonds is 1. The Kier molecular flexibility index (Phi) is 20.2. The summed E-state index contributed by atoms with van der Waals surface area (Å²) in [6.07, 6.45) is 0. The minimum atomic E-state index is -6.00. The van der Waals surface area contributed by atoms with Gasteiger partial charge in [-0.15, -0.1) is 0 Å². The van der Waals surface area contributed by atoms with Gasteiger partial charge in [-0.25, -0.2) is 0 Å². The van der Waals surface area contributed by atoms with E-state index in [-0.39, 0.29) is 51.4 Å². The zero-order valence-corrected chi connectivity index (χ0v) is 11.1. The van der Waals surface area contributed by atoms with Crippen LogP contribution in [0.25, 0.3) is 0 Å². The second-order valence-electron chi connectivity index (χ2n) is 3.00. The van der Waals surface area contributed by atoms with Gasteiger partial charge in [0.15, 0.2) is 0 Å². The molecule has 0 unspecified atom stereocenters. The first kappa shape index (κ1) is 31.8. The third kappa shape index (κ3) is 97.0. The SMILES string of the molecule is COc1ccccc1.F[B-](F)(F)F.F[B-](F)(F)F.F[B-](F)(F)F.[KH]. The first-order valence-electron chi connectivity index (χ1n) is 5.14. The van der Waals surface area contributed by atoms with Crippen molar-refractivity contribution < 1.29 is 56.5 Å². The monoisotopic (exact) mass is 409 g/mol. The summed E-state index contributed by atoms with van der Waals surface area (Å²) in [5, 5.41) is 0. The van der Waals surface area contributed by atoms with Crippen molar-refractivity contribution in [1.82, 2.24) is 0 Å². The molecule has 0 fully saturated rings. The number of halogens is 12. The van der Waals surface area contributed by atoms with Crippen LogP contribution in [0.1, 0.15) is 0 Å². The van der Waals surface area contributed by atoms with Crippen LogP contribution in [-0.4, -0.2) is 80.3 Å². The van der Waals surface area contributed by atoms with E-state index in [1.807, 2.05) is 30.3 Å². The molecule has 0 aromatic heterocycles. The molecule has 1 aromatic rings. The Labute approximate surface area is 171 Å². The first-order valence-corrected chi connectivity index (χ1v) is 5.14. The van der Waals surface area contributed by atoms with Gasteiger partial charge in [-0.2, -0.15) is 0 Å². The van der Waals surface area contributed by atoms with Crippen molar-refractivity contribution in [3.8, 4) is 5.75 Å². The van der Waals surface area contributed by atoms with E-state index in [9.17, 15) is 51.8 Å². The van der Waals surface area contributed by atoms with Crippen molar-refractivity contribution in [2.45, 2.75) is 0 Å². The zero-order chi connectivity index (χ0) is 19.3. The van der Waals surface area contributed by atoms with Crippen LogP contribution < -0.4 is 4.74 Å². The number of ether oxygens (including phenoxy) is 1. The van der Waals surface area contributed by atoms with E-state index < -0.39 is 21.8 Å². The Morgan fingerprint density at radius 2 is 0.792 bits per heavy atom. The van der Waals surface area contributed by atoms with Gasteiger partial charge in [0.1, 0.15) is 5.75 Å². The molecule has 0 amide bonds. The zero-order valence-electron chi connectivity index (χ0n) is 11.1. The van der Waals surface area contributed by atoms with E-state index in [0.717, 1.165) is 5.75 Å². The second-order valence-corrected chi connectivity index (χ2v) is 3.00. The van der Waals surface area contributed by atoms with Gasteiger partial charge >= 0.3 is 73.1 Å². The molecule has 1 nitrogen and oxygen atoms in total. The number of methoxy groups -OCH3 is 1. The Morgan fingerprint density at radius 3 is 0.917 bits per heavy atom. The molecular weight excluding hydrogens is 400 g/mol. The van der Waals surface area contributed by atoms with Gasteiger partial charge in [0.2, 0.25) is 0 Å². The standard InChI is InChI=1S/C7H8O.3BF4.K.H/c1-8-7-5-3-2-4-6-7;3*2-1(3,4)5;;/h2-6H,1H3;;;;;/q;3*-1;;. The molecule has 1 rings (SSSR count). The minimum absolute atomic E-state index is 0. The van der Waals surface area contributed by atoms with Crippen LogP contribution in [0.3, 0.4) is 0 Å². The van der Waals surface area contributed by atoms with E-state index >= 15 is 0 Å². The number of hydrogen-bond acceptors (Lipinski definition) is 1. The topological polar surface area (TPSA) is 9.23 Å². The van der Waals surface area contributed by atoms with Gasteiger partial charge in [-0.3, -0.25) is 0 Å². The van der Waals surface area contributed by atoms with E-state index in [4.69, 9.17) is 4.74 Å². The summed E-state index contributed by atoms with van der Waals surface area (Å²) >= 11 is 0.